The SMILES string of the molecule is [S-]c1sn[n+](-c2ccccc2)c1Br. The standard InChI is InChI=1S/C8H5BrN2S2/c9-7-8(12)13-10-11(7)6-4-2-1-3-5-6/h1-5H. The maximum atomic E-state index is 5.06. The summed E-state index contributed by atoms with van der Waals surface area (Å²) >= 11 is 9.76. The van der Waals surface area contributed by atoms with Crippen LogP contribution in [0, 0.1) is 0 Å². The van der Waals surface area contributed by atoms with Gasteiger partial charge < -0.3 is 12.6 Å². The van der Waals surface area contributed by atoms with Crippen molar-refractivity contribution in [3.63, 3.8) is 0 Å². The number of aromatic nitrogens is 2. The molecule has 2 rings (SSSR count). The normalized spacial score (nSPS) is 10.2. The molecule has 0 radical (unpaired) electrons. The van der Waals surface area contributed by atoms with Gasteiger partial charge in [0.2, 0.25) is 5.69 Å². The van der Waals surface area contributed by atoms with Crippen LogP contribution in [0.25, 0.3) is 5.69 Å². The quantitative estimate of drug-likeness (QED) is 0.584. The summed E-state index contributed by atoms with van der Waals surface area (Å²) in [4.78, 5) is 0. The van der Waals surface area contributed by atoms with Gasteiger partial charge in [-0.2, -0.15) is 11.5 Å². The van der Waals surface area contributed by atoms with Crippen LogP contribution in [-0.4, -0.2) is 4.49 Å². The van der Waals surface area contributed by atoms with Crippen LogP contribution in [-0.2, 0) is 12.6 Å². The molecular formula is C8H5BrN2S2. The zero-order valence-corrected chi connectivity index (χ0v) is 9.69. The first-order valence-electron chi connectivity index (χ1n) is 3.59. The van der Waals surface area contributed by atoms with Gasteiger partial charge in [0.15, 0.2) is 0 Å². The predicted molar refractivity (Wildman–Crippen MR) is 57.0 cm³/mol. The van der Waals surface area contributed by atoms with E-state index >= 15 is 0 Å². The van der Waals surface area contributed by atoms with Crippen LogP contribution in [0.5, 0.6) is 0 Å². The molecular weight excluding hydrogens is 268 g/mol. The number of nitrogens with zero attached hydrogens (tertiary/aromatic N) is 2. The Morgan fingerprint density at radius 2 is 2.00 bits per heavy atom. The van der Waals surface area contributed by atoms with E-state index < -0.39 is 0 Å². The maximum absolute atomic E-state index is 5.06. The van der Waals surface area contributed by atoms with E-state index in [1.807, 2.05) is 30.3 Å². The van der Waals surface area contributed by atoms with Crippen LogP contribution in [0.3, 0.4) is 0 Å². The van der Waals surface area contributed by atoms with Gasteiger partial charge in [-0.25, -0.2) is 0 Å². The summed E-state index contributed by atoms with van der Waals surface area (Å²) in [5.74, 6) is 0. The van der Waals surface area contributed by atoms with Crippen molar-refractivity contribution in [3.05, 3.63) is 34.9 Å². The number of hydrogen-bond acceptors (Lipinski definition) is 3. The monoisotopic (exact) mass is 272 g/mol. The Kier molecular flexibility index (Phi) is 2.57. The Morgan fingerprint density at radius 1 is 1.31 bits per heavy atom. The Hall–Kier alpha value is -0.520. The lowest BCUT2D eigenvalue weighted by Crippen LogP contribution is -2.33. The molecule has 2 aromatic rings. The van der Waals surface area contributed by atoms with Crippen LogP contribution in [0.2, 0.25) is 0 Å². The van der Waals surface area contributed by atoms with Crippen molar-refractivity contribution in [3.8, 4) is 5.69 Å². The molecule has 0 saturated heterocycles. The molecule has 5 heteroatoms. The molecule has 13 heavy (non-hydrogen) atoms. The fraction of sp³-hybridized carbons (Fsp3) is 0. The Bertz CT molecular complexity index is 413. The number of benzene rings is 1. The average Bonchev–Trinajstić information content (AvgIpc) is 2.49. The van der Waals surface area contributed by atoms with Crippen molar-refractivity contribution >= 4 is 40.1 Å². The number of rotatable bonds is 1. The molecule has 1 aromatic carbocycles. The molecule has 1 aromatic heterocycles. The lowest BCUT2D eigenvalue weighted by Gasteiger charge is -1.90. The first-order valence-corrected chi connectivity index (χ1v) is 5.56. The average molecular weight is 273 g/mol. The molecule has 0 saturated carbocycles. The highest BCUT2D eigenvalue weighted by Crippen LogP contribution is 2.16. The molecule has 0 bridgehead atoms. The topological polar surface area (TPSA) is 16.8 Å². The van der Waals surface area contributed by atoms with E-state index in [2.05, 4.69) is 20.4 Å². The summed E-state index contributed by atoms with van der Waals surface area (Å²) < 4.78 is 7.59. The van der Waals surface area contributed by atoms with Crippen molar-refractivity contribution in [2.24, 2.45) is 0 Å². The molecule has 0 fully saturated rings. The molecule has 0 unspecified atom stereocenters. The van der Waals surface area contributed by atoms with Gasteiger partial charge >= 0.3 is 0 Å². The van der Waals surface area contributed by atoms with Gasteiger partial charge in [-0.3, -0.25) is 0 Å². The molecule has 0 aliphatic rings. The van der Waals surface area contributed by atoms with E-state index in [0.717, 1.165) is 14.5 Å². The summed E-state index contributed by atoms with van der Waals surface area (Å²) in [5.41, 5.74) is 1.02. The molecule has 1 heterocycles. The summed E-state index contributed by atoms with van der Waals surface area (Å²) in [6.45, 7) is 0. The van der Waals surface area contributed by atoms with E-state index in [4.69, 9.17) is 12.6 Å². The summed E-state index contributed by atoms with van der Waals surface area (Å²) in [6, 6.07) is 9.88. The first-order chi connectivity index (χ1) is 6.29. The highest BCUT2D eigenvalue weighted by atomic mass is 79.9. The molecule has 0 amide bonds. The number of para-hydroxylation sites is 1. The van der Waals surface area contributed by atoms with Crippen molar-refractivity contribution in [1.82, 2.24) is 4.49 Å². The molecule has 0 aliphatic heterocycles. The second-order valence-corrected chi connectivity index (χ2v) is 4.57. The van der Waals surface area contributed by atoms with E-state index in [1.54, 1.807) is 4.68 Å². The molecule has 0 atom stereocenters. The first kappa shape index (κ1) is 9.05. The lowest BCUT2D eigenvalue weighted by molar-refractivity contribution is -0.663. The third-order valence-corrected chi connectivity index (χ3v) is 3.84. The third kappa shape index (κ3) is 1.72. The van der Waals surface area contributed by atoms with E-state index in [-0.39, 0.29) is 0 Å². The maximum Gasteiger partial charge on any atom is 0.269 e. The van der Waals surface area contributed by atoms with E-state index in [1.165, 1.54) is 11.5 Å². The second kappa shape index (κ2) is 3.69. The predicted octanol–water partition coefficient (Wildman–Crippen LogP) is 2.09. The Morgan fingerprint density at radius 3 is 2.54 bits per heavy atom. The van der Waals surface area contributed by atoms with E-state index in [9.17, 15) is 0 Å². The summed E-state index contributed by atoms with van der Waals surface area (Å²) in [6.07, 6.45) is 0. The van der Waals surface area contributed by atoms with Crippen LogP contribution >= 0.6 is 27.5 Å². The van der Waals surface area contributed by atoms with Crippen LogP contribution in [0.1, 0.15) is 0 Å². The second-order valence-electron chi connectivity index (χ2n) is 2.40. The molecule has 0 spiro atoms. The van der Waals surface area contributed by atoms with Crippen LogP contribution < -0.4 is 4.68 Å². The van der Waals surface area contributed by atoms with Gasteiger partial charge in [0, 0.05) is 28.1 Å². The van der Waals surface area contributed by atoms with Crippen LogP contribution in [0.15, 0.2) is 39.1 Å². The van der Waals surface area contributed by atoms with Crippen molar-refractivity contribution < 1.29 is 4.68 Å². The Balaban J connectivity index is 2.53. The fourth-order valence-electron chi connectivity index (χ4n) is 0.968. The summed E-state index contributed by atoms with van der Waals surface area (Å²) in [5, 5.41) is 0. The van der Waals surface area contributed by atoms with Gasteiger partial charge in [0.05, 0.1) is 0 Å². The highest BCUT2D eigenvalue weighted by molar-refractivity contribution is 9.10. The summed E-state index contributed by atoms with van der Waals surface area (Å²) in [7, 11) is 0. The van der Waals surface area contributed by atoms with Gasteiger partial charge in [0.25, 0.3) is 4.60 Å². The van der Waals surface area contributed by atoms with Crippen molar-refractivity contribution in [1.29, 1.82) is 0 Å². The van der Waals surface area contributed by atoms with Crippen molar-refractivity contribution in [2.45, 2.75) is 4.21 Å². The van der Waals surface area contributed by atoms with Crippen LogP contribution in [0.4, 0.5) is 0 Å². The largest absolute Gasteiger partial charge is 0.420 e. The van der Waals surface area contributed by atoms with Gasteiger partial charge in [0.1, 0.15) is 0 Å². The van der Waals surface area contributed by atoms with E-state index in [0.29, 0.717) is 0 Å². The number of hydrogen-bond donors (Lipinski definition) is 0. The van der Waals surface area contributed by atoms with Crippen molar-refractivity contribution in [2.75, 3.05) is 0 Å². The molecule has 2 nitrogen and oxygen atoms in total. The van der Waals surface area contributed by atoms with Gasteiger partial charge in [-0.15, -0.1) is 0 Å². The minimum Gasteiger partial charge on any atom is -0.420 e. The minimum atomic E-state index is 0.767. The zero-order chi connectivity index (χ0) is 9.26. The zero-order valence-electron chi connectivity index (χ0n) is 6.48. The Labute approximate surface area is 93.9 Å². The fourth-order valence-corrected chi connectivity index (χ4v) is 2.25. The molecule has 66 valence electrons. The molecule has 0 N–H and O–H groups in total. The van der Waals surface area contributed by atoms with Gasteiger partial charge in [-0.1, -0.05) is 18.2 Å². The third-order valence-electron chi connectivity index (χ3n) is 1.56. The minimum absolute atomic E-state index is 0.767. The lowest BCUT2D eigenvalue weighted by atomic mass is 10.3. The smallest absolute Gasteiger partial charge is 0.269 e. The highest BCUT2D eigenvalue weighted by Gasteiger charge is 2.13. The number of halogens is 1. The molecule has 0 aliphatic carbocycles. The van der Waals surface area contributed by atoms with Gasteiger partial charge in [-0.05, 0) is 13.4 Å².